The molecular weight excluding hydrogens is 196 g/mol. The normalized spacial score (nSPS) is 11.9. The molecule has 1 aromatic rings. The number of carbonyl (C=O) groups is 1. The summed E-state index contributed by atoms with van der Waals surface area (Å²) in [7, 11) is 1.57. The van der Waals surface area contributed by atoms with Gasteiger partial charge >= 0.3 is 5.97 Å². The number of hydrogen-bond acceptors (Lipinski definition) is 3. The minimum Gasteiger partial charge on any atom is -0.497 e. The molecule has 0 aromatic heterocycles. The molecule has 15 heavy (non-hydrogen) atoms. The van der Waals surface area contributed by atoms with Crippen molar-refractivity contribution < 1.29 is 19.4 Å². The molecule has 0 fully saturated rings. The number of methoxy groups -OCH3 is 1. The molecule has 0 aliphatic heterocycles. The van der Waals surface area contributed by atoms with Crippen LogP contribution in [0.2, 0.25) is 0 Å². The van der Waals surface area contributed by atoms with Gasteiger partial charge in [0.05, 0.1) is 13.0 Å². The Morgan fingerprint density at radius 3 is 2.73 bits per heavy atom. The van der Waals surface area contributed by atoms with E-state index in [0.29, 0.717) is 11.5 Å². The first-order valence-corrected chi connectivity index (χ1v) is 4.63. The van der Waals surface area contributed by atoms with Gasteiger partial charge in [-0.3, -0.25) is 4.79 Å². The van der Waals surface area contributed by atoms with Gasteiger partial charge in [0.1, 0.15) is 18.1 Å². The first-order valence-electron chi connectivity index (χ1n) is 4.63. The molecule has 0 amide bonds. The maximum atomic E-state index is 10.5. The molecule has 0 aliphatic carbocycles. The summed E-state index contributed by atoms with van der Waals surface area (Å²) in [5.74, 6) is -0.0768. The van der Waals surface area contributed by atoms with Crippen LogP contribution in [0.5, 0.6) is 11.5 Å². The van der Waals surface area contributed by atoms with E-state index in [1.165, 1.54) is 0 Å². The standard InChI is InChI=1S/C11H14O4/c1-8(11(12)13)7-15-10-5-3-4-9(6-10)14-2/h3-6,8H,7H2,1-2H3,(H,12,13). The van der Waals surface area contributed by atoms with Crippen molar-refractivity contribution in [3.8, 4) is 11.5 Å². The predicted molar refractivity (Wildman–Crippen MR) is 55.3 cm³/mol. The second kappa shape index (κ2) is 5.24. The van der Waals surface area contributed by atoms with Crippen molar-refractivity contribution >= 4 is 5.97 Å². The smallest absolute Gasteiger partial charge is 0.309 e. The Kier molecular flexibility index (Phi) is 3.97. The van der Waals surface area contributed by atoms with Gasteiger partial charge in [0, 0.05) is 6.07 Å². The molecule has 0 saturated heterocycles. The van der Waals surface area contributed by atoms with E-state index < -0.39 is 11.9 Å². The van der Waals surface area contributed by atoms with Crippen LogP contribution in [0.15, 0.2) is 24.3 Å². The fourth-order valence-corrected chi connectivity index (χ4v) is 0.983. The van der Waals surface area contributed by atoms with Crippen molar-refractivity contribution in [2.45, 2.75) is 6.92 Å². The zero-order valence-corrected chi connectivity index (χ0v) is 8.77. The molecule has 0 bridgehead atoms. The van der Waals surface area contributed by atoms with Crippen molar-refractivity contribution in [2.75, 3.05) is 13.7 Å². The summed E-state index contributed by atoms with van der Waals surface area (Å²) in [6, 6.07) is 7.07. The van der Waals surface area contributed by atoms with Gasteiger partial charge in [0.2, 0.25) is 0 Å². The van der Waals surface area contributed by atoms with Crippen molar-refractivity contribution in [1.82, 2.24) is 0 Å². The minimum absolute atomic E-state index is 0.155. The van der Waals surface area contributed by atoms with Crippen molar-refractivity contribution in [2.24, 2.45) is 5.92 Å². The molecule has 0 saturated carbocycles. The average Bonchev–Trinajstić information content (AvgIpc) is 2.26. The lowest BCUT2D eigenvalue weighted by Crippen LogP contribution is -2.17. The third kappa shape index (κ3) is 3.50. The Morgan fingerprint density at radius 2 is 2.13 bits per heavy atom. The largest absolute Gasteiger partial charge is 0.497 e. The highest BCUT2D eigenvalue weighted by atomic mass is 16.5. The Labute approximate surface area is 88.4 Å². The summed E-state index contributed by atoms with van der Waals surface area (Å²) in [6.45, 7) is 1.75. The van der Waals surface area contributed by atoms with Gasteiger partial charge in [0.25, 0.3) is 0 Å². The van der Waals surface area contributed by atoms with Crippen LogP contribution in [-0.4, -0.2) is 24.8 Å². The molecule has 0 heterocycles. The van der Waals surface area contributed by atoms with Crippen LogP contribution < -0.4 is 9.47 Å². The third-order valence-electron chi connectivity index (χ3n) is 1.96. The van der Waals surface area contributed by atoms with Gasteiger partial charge in [0.15, 0.2) is 0 Å². The average molecular weight is 210 g/mol. The van der Waals surface area contributed by atoms with Gasteiger partial charge in [-0.2, -0.15) is 0 Å². The highest BCUT2D eigenvalue weighted by Crippen LogP contribution is 2.19. The van der Waals surface area contributed by atoms with Crippen LogP contribution in [-0.2, 0) is 4.79 Å². The van der Waals surface area contributed by atoms with E-state index in [1.807, 2.05) is 0 Å². The summed E-state index contributed by atoms with van der Waals surface area (Å²) in [6.07, 6.45) is 0. The van der Waals surface area contributed by atoms with Gasteiger partial charge in [-0.25, -0.2) is 0 Å². The second-order valence-electron chi connectivity index (χ2n) is 3.23. The Balaban J connectivity index is 2.53. The van der Waals surface area contributed by atoms with Gasteiger partial charge in [-0.1, -0.05) is 6.07 Å². The van der Waals surface area contributed by atoms with Crippen LogP contribution >= 0.6 is 0 Å². The number of hydrogen-bond donors (Lipinski definition) is 1. The number of benzene rings is 1. The zero-order chi connectivity index (χ0) is 11.3. The fraction of sp³-hybridized carbons (Fsp3) is 0.364. The maximum absolute atomic E-state index is 10.5. The Morgan fingerprint density at radius 1 is 1.47 bits per heavy atom. The highest BCUT2D eigenvalue weighted by molar-refractivity contribution is 5.69. The monoisotopic (exact) mass is 210 g/mol. The molecule has 82 valence electrons. The summed E-state index contributed by atoms with van der Waals surface area (Å²) in [5, 5.41) is 8.66. The van der Waals surface area contributed by atoms with Crippen molar-refractivity contribution in [3.05, 3.63) is 24.3 Å². The molecular formula is C11H14O4. The number of rotatable bonds is 5. The van der Waals surface area contributed by atoms with E-state index in [1.54, 1.807) is 38.3 Å². The predicted octanol–water partition coefficient (Wildman–Crippen LogP) is 1.79. The third-order valence-corrected chi connectivity index (χ3v) is 1.96. The van der Waals surface area contributed by atoms with Gasteiger partial charge in [-0.05, 0) is 19.1 Å². The molecule has 1 aromatic carbocycles. The highest BCUT2D eigenvalue weighted by Gasteiger charge is 2.11. The Bertz CT molecular complexity index is 335. The van der Waals surface area contributed by atoms with Crippen LogP contribution in [0.25, 0.3) is 0 Å². The number of carboxylic acids is 1. The lowest BCUT2D eigenvalue weighted by atomic mass is 10.2. The summed E-state index contributed by atoms with van der Waals surface area (Å²) in [5.41, 5.74) is 0. The molecule has 1 unspecified atom stereocenters. The molecule has 0 spiro atoms. The first-order chi connectivity index (χ1) is 7.13. The molecule has 1 atom stereocenters. The van der Waals surface area contributed by atoms with Crippen molar-refractivity contribution in [3.63, 3.8) is 0 Å². The van der Waals surface area contributed by atoms with Crippen LogP contribution in [0.1, 0.15) is 6.92 Å². The van der Waals surface area contributed by atoms with Crippen molar-refractivity contribution in [1.29, 1.82) is 0 Å². The van der Waals surface area contributed by atoms with E-state index in [-0.39, 0.29) is 6.61 Å². The van der Waals surface area contributed by atoms with Gasteiger partial charge < -0.3 is 14.6 Å². The molecule has 4 heteroatoms. The first kappa shape index (κ1) is 11.4. The van der Waals surface area contributed by atoms with E-state index in [9.17, 15) is 4.79 Å². The maximum Gasteiger partial charge on any atom is 0.309 e. The summed E-state index contributed by atoms with van der Waals surface area (Å²) >= 11 is 0. The molecule has 1 N–H and O–H groups in total. The minimum atomic E-state index is -0.863. The summed E-state index contributed by atoms with van der Waals surface area (Å²) in [4.78, 5) is 10.5. The molecule has 0 aliphatic rings. The fourth-order valence-electron chi connectivity index (χ4n) is 0.983. The number of aliphatic carboxylic acids is 1. The van der Waals surface area contributed by atoms with Crippen LogP contribution in [0.3, 0.4) is 0 Å². The molecule has 4 nitrogen and oxygen atoms in total. The zero-order valence-electron chi connectivity index (χ0n) is 8.77. The lowest BCUT2D eigenvalue weighted by molar-refractivity contribution is -0.142. The number of ether oxygens (including phenoxy) is 2. The van der Waals surface area contributed by atoms with E-state index in [0.717, 1.165) is 0 Å². The van der Waals surface area contributed by atoms with Crippen LogP contribution in [0.4, 0.5) is 0 Å². The topological polar surface area (TPSA) is 55.8 Å². The second-order valence-corrected chi connectivity index (χ2v) is 3.23. The lowest BCUT2D eigenvalue weighted by Gasteiger charge is -2.09. The van der Waals surface area contributed by atoms with E-state index in [4.69, 9.17) is 14.6 Å². The summed E-state index contributed by atoms with van der Waals surface area (Å²) < 4.78 is 10.3. The number of carboxylic acid groups (broad SMARTS) is 1. The molecule has 0 radical (unpaired) electrons. The van der Waals surface area contributed by atoms with Crippen LogP contribution in [0, 0.1) is 5.92 Å². The quantitative estimate of drug-likeness (QED) is 0.805. The Hall–Kier alpha value is -1.71. The van der Waals surface area contributed by atoms with E-state index >= 15 is 0 Å². The van der Waals surface area contributed by atoms with Gasteiger partial charge in [-0.15, -0.1) is 0 Å². The SMILES string of the molecule is COc1cccc(OCC(C)C(=O)O)c1. The van der Waals surface area contributed by atoms with E-state index in [2.05, 4.69) is 0 Å². The molecule has 1 rings (SSSR count).